The summed E-state index contributed by atoms with van der Waals surface area (Å²) in [7, 11) is -4.29. The van der Waals surface area contributed by atoms with Crippen molar-refractivity contribution in [2.24, 2.45) is 0 Å². The standard InChI is InChI=1S/C12H13ClN2O4S2/c13-9-5-1-2-6-10(9)21(18,19)11(15-14)12(20(16)17)7-3-4-8-12/h1-2,5-6H,3-4,7-8H2,(H,16,17)/p-1. The first-order valence-corrected chi connectivity index (χ1v) is 9.11. The van der Waals surface area contributed by atoms with Gasteiger partial charge in [-0.15, -0.1) is 0 Å². The van der Waals surface area contributed by atoms with Gasteiger partial charge in [0.1, 0.15) is 4.75 Å². The van der Waals surface area contributed by atoms with Crippen LogP contribution in [0.25, 0.3) is 5.53 Å². The van der Waals surface area contributed by atoms with Crippen molar-refractivity contribution in [1.29, 1.82) is 0 Å². The van der Waals surface area contributed by atoms with E-state index in [0.29, 0.717) is 12.8 Å². The second kappa shape index (κ2) is 5.98. The highest BCUT2D eigenvalue weighted by Gasteiger charge is 2.54. The lowest BCUT2D eigenvalue weighted by atomic mass is 10.1. The number of nitrogens with zero attached hydrogens (tertiary/aromatic N) is 2. The molecule has 1 unspecified atom stereocenters. The molecular weight excluding hydrogens is 336 g/mol. The zero-order valence-electron chi connectivity index (χ0n) is 10.9. The third-order valence-electron chi connectivity index (χ3n) is 3.59. The maximum Gasteiger partial charge on any atom is 0.403 e. The van der Waals surface area contributed by atoms with E-state index >= 15 is 0 Å². The molecular formula is C12H12ClN2O4S2-. The van der Waals surface area contributed by atoms with Crippen LogP contribution < -0.4 is 0 Å². The van der Waals surface area contributed by atoms with Crippen molar-refractivity contribution in [2.75, 3.05) is 0 Å². The van der Waals surface area contributed by atoms with Gasteiger partial charge in [-0.1, -0.05) is 36.6 Å². The molecule has 114 valence electrons. The first-order chi connectivity index (χ1) is 9.86. The molecule has 1 atom stereocenters. The van der Waals surface area contributed by atoms with Crippen molar-refractivity contribution in [3.63, 3.8) is 0 Å². The fourth-order valence-electron chi connectivity index (χ4n) is 2.55. The molecule has 0 radical (unpaired) electrons. The minimum atomic E-state index is -4.29. The second-order valence-corrected chi connectivity index (χ2v) is 8.27. The van der Waals surface area contributed by atoms with Crippen LogP contribution in [0.3, 0.4) is 0 Å². The molecule has 6 nitrogen and oxygen atoms in total. The third kappa shape index (κ3) is 2.69. The highest BCUT2D eigenvalue weighted by Crippen LogP contribution is 2.39. The Balaban J connectivity index is 2.65. The molecule has 9 heteroatoms. The number of benzene rings is 1. The molecule has 1 saturated carbocycles. The molecule has 0 saturated heterocycles. The maximum atomic E-state index is 12.6. The Labute approximate surface area is 130 Å². The molecule has 0 aromatic heterocycles. The lowest BCUT2D eigenvalue weighted by Crippen LogP contribution is -2.45. The Kier molecular flexibility index (Phi) is 4.65. The molecule has 21 heavy (non-hydrogen) atoms. The molecule has 0 bridgehead atoms. The van der Waals surface area contributed by atoms with E-state index in [4.69, 9.17) is 11.6 Å². The van der Waals surface area contributed by atoms with Gasteiger partial charge in [0.25, 0.3) is 9.84 Å². The van der Waals surface area contributed by atoms with E-state index in [9.17, 15) is 22.7 Å². The van der Waals surface area contributed by atoms with Gasteiger partial charge >= 0.3 is 5.04 Å². The molecule has 0 N–H and O–H groups in total. The molecule has 0 spiro atoms. The quantitative estimate of drug-likeness (QED) is 0.273. The summed E-state index contributed by atoms with van der Waals surface area (Å²) in [6, 6.07) is 5.63. The Hall–Kier alpha value is -1.05. The number of halogens is 1. The predicted molar refractivity (Wildman–Crippen MR) is 77.4 cm³/mol. The minimum Gasteiger partial charge on any atom is -0.771 e. The van der Waals surface area contributed by atoms with Crippen LogP contribution >= 0.6 is 11.6 Å². The van der Waals surface area contributed by atoms with Gasteiger partial charge in [0.05, 0.1) is 9.92 Å². The summed E-state index contributed by atoms with van der Waals surface area (Å²) in [6.07, 6.45) is 1.30. The number of hydrogen-bond acceptors (Lipinski definition) is 4. The summed E-state index contributed by atoms with van der Waals surface area (Å²) in [5, 5.41) is -0.808. The van der Waals surface area contributed by atoms with E-state index in [1.807, 2.05) is 0 Å². The Morgan fingerprint density at radius 3 is 2.38 bits per heavy atom. The van der Waals surface area contributed by atoms with Gasteiger partial charge in [-0.05, 0) is 36.1 Å². The summed E-state index contributed by atoms with van der Waals surface area (Å²) >= 11 is 3.15. The molecule has 2 rings (SSSR count). The molecule has 0 amide bonds. The van der Waals surface area contributed by atoms with E-state index in [2.05, 4.69) is 4.79 Å². The second-order valence-electron chi connectivity index (χ2n) is 4.78. The van der Waals surface area contributed by atoms with Crippen LogP contribution in [0.15, 0.2) is 29.2 Å². The van der Waals surface area contributed by atoms with Gasteiger partial charge in [-0.2, -0.15) is 4.79 Å². The van der Waals surface area contributed by atoms with Gasteiger partial charge in [0, 0.05) is 0 Å². The van der Waals surface area contributed by atoms with Crippen molar-refractivity contribution < 1.29 is 22.0 Å². The van der Waals surface area contributed by atoms with Gasteiger partial charge in [0.15, 0.2) is 0 Å². The van der Waals surface area contributed by atoms with Crippen LogP contribution in [0.4, 0.5) is 0 Å². The summed E-state index contributed by atoms with van der Waals surface area (Å²) in [5.41, 5.74) is 9.18. The Morgan fingerprint density at radius 2 is 1.90 bits per heavy atom. The van der Waals surface area contributed by atoms with Crippen LogP contribution in [0, 0.1) is 0 Å². The first kappa shape index (κ1) is 16.3. The SMILES string of the molecule is [N-]=[N+]=C(C1(S(=O)[O-])CCCC1)S(=O)(=O)c1ccccc1Cl. The summed E-state index contributed by atoms with van der Waals surface area (Å²) in [6.45, 7) is 0. The van der Waals surface area contributed by atoms with Crippen LogP contribution in [0.1, 0.15) is 25.7 Å². The number of hydrogen-bond donors (Lipinski definition) is 0. The largest absolute Gasteiger partial charge is 0.771 e. The van der Waals surface area contributed by atoms with Gasteiger partial charge in [0.2, 0.25) is 0 Å². The fourth-order valence-corrected chi connectivity index (χ4v) is 5.93. The van der Waals surface area contributed by atoms with Crippen molar-refractivity contribution in [3.05, 3.63) is 34.8 Å². The molecule has 1 aromatic rings. The third-order valence-corrected chi connectivity index (χ3v) is 7.32. The average molecular weight is 348 g/mol. The lowest BCUT2D eigenvalue weighted by Gasteiger charge is -2.26. The number of rotatable bonds is 3. The molecule has 1 aliphatic carbocycles. The Morgan fingerprint density at radius 1 is 1.33 bits per heavy atom. The van der Waals surface area contributed by atoms with Crippen LogP contribution in [0.2, 0.25) is 5.02 Å². The topological polar surface area (TPSA) is 111 Å². The normalized spacial score (nSPS) is 19.0. The van der Waals surface area contributed by atoms with E-state index in [0.717, 1.165) is 0 Å². The maximum absolute atomic E-state index is 12.6. The minimum absolute atomic E-state index is 0.0523. The van der Waals surface area contributed by atoms with Gasteiger partial charge in [-0.25, -0.2) is 8.42 Å². The first-order valence-electron chi connectivity index (χ1n) is 6.18. The van der Waals surface area contributed by atoms with E-state index in [-0.39, 0.29) is 22.8 Å². The monoisotopic (exact) mass is 347 g/mol. The van der Waals surface area contributed by atoms with Crippen molar-refractivity contribution in [1.82, 2.24) is 0 Å². The molecule has 0 aliphatic heterocycles. The highest BCUT2D eigenvalue weighted by atomic mass is 35.5. The van der Waals surface area contributed by atoms with Crippen molar-refractivity contribution >= 4 is 37.6 Å². The zero-order valence-corrected chi connectivity index (χ0v) is 13.2. The molecule has 1 aromatic carbocycles. The van der Waals surface area contributed by atoms with Crippen LogP contribution in [-0.4, -0.2) is 31.8 Å². The van der Waals surface area contributed by atoms with Crippen molar-refractivity contribution in [2.45, 2.75) is 35.3 Å². The Bertz CT molecular complexity index is 735. The zero-order chi connectivity index (χ0) is 15.7. The van der Waals surface area contributed by atoms with E-state index < -0.39 is 30.7 Å². The highest BCUT2D eigenvalue weighted by molar-refractivity contribution is 8.08. The fraction of sp³-hybridized carbons (Fsp3) is 0.417. The predicted octanol–water partition coefficient (Wildman–Crippen LogP) is 1.93. The van der Waals surface area contributed by atoms with Crippen LogP contribution in [0.5, 0.6) is 0 Å². The van der Waals surface area contributed by atoms with Gasteiger partial charge in [-0.3, -0.25) is 4.21 Å². The molecule has 1 aliphatic rings. The molecule has 1 fully saturated rings. The van der Waals surface area contributed by atoms with E-state index in [1.165, 1.54) is 18.2 Å². The smallest absolute Gasteiger partial charge is 0.403 e. The average Bonchev–Trinajstić information content (AvgIpc) is 2.90. The lowest BCUT2D eigenvalue weighted by molar-refractivity contribution is -0.00618. The van der Waals surface area contributed by atoms with Crippen molar-refractivity contribution in [3.8, 4) is 0 Å². The van der Waals surface area contributed by atoms with Crippen LogP contribution in [-0.2, 0) is 20.9 Å². The summed E-state index contributed by atoms with van der Waals surface area (Å²) in [5.74, 6) is 0. The van der Waals surface area contributed by atoms with Gasteiger partial charge < -0.3 is 10.1 Å². The molecule has 0 heterocycles. The summed E-state index contributed by atoms with van der Waals surface area (Å²) in [4.78, 5) is 2.56. The number of sulfone groups is 1. The van der Waals surface area contributed by atoms with E-state index in [1.54, 1.807) is 6.07 Å². The summed E-state index contributed by atoms with van der Waals surface area (Å²) < 4.78 is 46.8.